The van der Waals surface area contributed by atoms with Gasteiger partial charge in [0.1, 0.15) is 0 Å². The molecule has 0 spiro atoms. The largest absolute Gasteiger partial charge is 0.369 e. The SMILES string of the molecule is CNCC1(CN2CCN(c3ccccc3)CC2)CC1. The van der Waals surface area contributed by atoms with Crippen molar-refractivity contribution in [2.45, 2.75) is 12.8 Å². The molecule has 3 heteroatoms. The maximum absolute atomic E-state index is 3.36. The zero-order valence-electron chi connectivity index (χ0n) is 11.9. The van der Waals surface area contributed by atoms with Crippen LogP contribution in [-0.2, 0) is 0 Å². The molecule has 1 saturated heterocycles. The van der Waals surface area contributed by atoms with Gasteiger partial charge in [-0.05, 0) is 37.4 Å². The van der Waals surface area contributed by atoms with Crippen molar-refractivity contribution in [2.75, 3.05) is 51.2 Å². The second kappa shape index (κ2) is 5.51. The quantitative estimate of drug-likeness (QED) is 0.870. The van der Waals surface area contributed by atoms with Crippen LogP contribution in [0.15, 0.2) is 30.3 Å². The number of rotatable bonds is 5. The van der Waals surface area contributed by atoms with Crippen molar-refractivity contribution in [3.63, 3.8) is 0 Å². The summed E-state index contributed by atoms with van der Waals surface area (Å²) in [7, 11) is 2.08. The van der Waals surface area contributed by atoms with E-state index < -0.39 is 0 Å². The highest BCUT2D eigenvalue weighted by Gasteiger charge is 2.43. The summed E-state index contributed by atoms with van der Waals surface area (Å²) < 4.78 is 0. The predicted molar refractivity (Wildman–Crippen MR) is 80.7 cm³/mol. The van der Waals surface area contributed by atoms with Crippen LogP contribution < -0.4 is 10.2 Å². The Labute approximate surface area is 116 Å². The molecular formula is C16H25N3. The molecule has 1 N–H and O–H groups in total. The van der Waals surface area contributed by atoms with Gasteiger partial charge in [0.05, 0.1) is 0 Å². The molecule has 1 aliphatic carbocycles. The molecule has 19 heavy (non-hydrogen) atoms. The van der Waals surface area contributed by atoms with Crippen molar-refractivity contribution in [3.05, 3.63) is 30.3 Å². The minimum atomic E-state index is 0.601. The van der Waals surface area contributed by atoms with Crippen LogP contribution in [0.1, 0.15) is 12.8 Å². The summed E-state index contributed by atoms with van der Waals surface area (Å²) in [5, 5.41) is 3.36. The maximum atomic E-state index is 3.36. The summed E-state index contributed by atoms with van der Waals surface area (Å²) in [6.45, 7) is 7.22. The van der Waals surface area contributed by atoms with E-state index in [0.29, 0.717) is 5.41 Å². The monoisotopic (exact) mass is 259 g/mol. The standard InChI is InChI=1S/C16H25N3/c1-17-13-16(7-8-16)14-18-9-11-19(12-10-18)15-5-3-2-4-6-15/h2-6,17H,7-14H2,1H3. The van der Waals surface area contributed by atoms with Gasteiger partial charge in [0.25, 0.3) is 0 Å². The first-order valence-electron chi connectivity index (χ1n) is 7.48. The molecule has 0 aromatic heterocycles. The number of nitrogens with zero attached hydrogens (tertiary/aromatic N) is 2. The molecule has 104 valence electrons. The topological polar surface area (TPSA) is 18.5 Å². The van der Waals surface area contributed by atoms with Gasteiger partial charge in [-0.15, -0.1) is 0 Å². The fraction of sp³-hybridized carbons (Fsp3) is 0.625. The third-order valence-electron chi connectivity index (χ3n) is 4.56. The van der Waals surface area contributed by atoms with E-state index in [1.54, 1.807) is 0 Å². The van der Waals surface area contributed by atoms with Gasteiger partial charge in [0, 0.05) is 45.0 Å². The molecule has 0 atom stereocenters. The Kier molecular flexibility index (Phi) is 3.76. The van der Waals surface area contributed by atoms with Crippen molar-refractivity contribution in [1.29, 1.82) is 0 Å². The van der Waals surface area contributed by atoms with E-state index in [2.05, 4.69) is 52.5 Å². The molecule has 3 rings (SSSR count). The van der Waals surface area contributed by atoms with Crippen molar-refractivity contribution in [1.82, 2.24) is 10.2 Å². The van der Waals surface area contributed by atoms with Crippen molar-refractivity contribution >= 4 is 5.69 Å². The summed E-state index contributed by atoms with van der Waals surface area (Å²) >= 11 is 0. The summed E-state index contributed by atoms with van der Waals surface area (Å²) in [5.74, 6) is 0. The maximum Gasteiger partial charge on any atom is 0.0367 e. The minimum absolute atomic E-state index is 0.601. The van der Waals surface area contributed by atoms with E-state index in [-0.39, 0.29) is 0 Å². The third-order valence-corrected chi connectivity index (χ3v) is 4.56. The van der Waals surface area contributed by atoms with Gasteiger partial charge in [-0.25, -0.2) is 0 Å². The lowest BCUT2D eigenvalue weighted by molar-refractivity contribution is 0.206. The normalized spacial score (nSPS) is 22.5. The number of hydrogen-bond acceptors (Lipinski definition) is 3. The highest BCUT2D eigenvalue weighted by atomic mass is 15.3. The molecule has 1 heterocycles. The lowest BCUT2D eigenvalue weighted by Gasteiger charge is -2.37. The smallest absolute Gasteiger partial charge is 0.0367 e. The molecule has 0 radical (unpaired) electrons. The fourth-order valence-electron chi connectivity index (χ4n) is 3.22. The van der Waals surface area contributed by atoms with E-state index >= 15 is 0 Å². The van der Waals surface area contributed by atoms with E-state index in [9.17, 15) is 0 Å². The second-order valence-electron chi connectivity index (χ2n) is 6.13. The van der Waals surface area contributed by atoms with Crippen LogP contribution in [0, 0.1) is 5.41 Å². The van der Waals surface area contributed by atoms with Crippen LogP contribution in [0.4, 0.5) is 5.69 Å². The first-order valence-corrected chi connectivity index (χ1v) is 7.48. The molecule has 2 aliphatic rings. The summed E-state index contributed by atoms with van der Waals surface area (Å²) in [5.41, 5.74) is 1.97. The van der Waals surface area contributed by atoms with E-state index in [0.717, 1.165) is 0 Å². The Balaban J connectivity index is 1.50. The zero-order valence-corrected chi connectivity index (χ0v) is 11.9. The number of piperazine rings is 1. The summed E-state index contributed by atoms with van der Waals surface area (Å²) in [6, 6.07) is 10.8. The Morgan fingerprint density at radius 1 is 1.05 bits per heavy atom. The number of hydrogen-bond donors (Lipinski definition) is 1. The molecule has 1 aromatic rings. The highest BCUT2D eigenvalue weighted by Crippen LogP contribution is 2.45. The van der Waals surface area contributed by atoms with Gasteiger partial charge in [0.2, 0.25) is 0 Å². The Hall–Kier alpha value is -1.06. The van der Waals surface area contributed by atoms with Crippen LogP contribution >= 0.6 is 0 Å². The van der Waals surface area contributed by atoms with Gasteiger partial charge in [-0.1, -0.05) is 18.2 Å². The predicted octanol–water partition coefficient (Wildman–Crippen LogP) is 1.81. The van der Waals surface area contributed by atoms with Gasteiger partial charge in [0.15, 0.2) is 0 Å². The van der Waals surface area contributed by atoms with Gasteiger partial charge in [-0.2, -0.15) is 0 Å². The average Bonchev–Trinajstić information content (AvgIpc) is 3.20. The Bertz CT molecular complexity index is 392. The van der Waals surface area contributed by atoms with Crippen molar-refractivity contribution in [2.24, 2.45) is 5.41 Å². The van der Waals surface area contributed by atoms with Crippen molar-refractivity contribution in [3.8, 4) is 0 Å². The lowest BCUT2D eigenvalue weighted by atomic mass is 10.1. The van der Waals surface area contributed by atoms with Crippen LogP contribution in [0.2, 0.25) is 0 Å². The number of anilines is 1. The first kappa shape index (κ1) is 12.9. The molecular weight excluding hydrogens is 234 g/mol. The third kappa shape index (κ3) is 3.10. The van der Waals surface area contributed by atoms with E-state index in [4.69, 9.17) is 0 Å². The van der Waals surface area contributed by atoms with Crippen LogP contribution in [0.5, 0.6) is 0 Å². The Morgan fingerprint density at radius 2 is 1.74 bits per heavy atom. The Morgan fingerprint density at radius 3 is 2.32 bits per heavy atom. The first-order chi connectivity index (χ1) is 9.31. The zero-order chi connectivity index (χ0) is 13.1. The lowest BCUT2D eigenvalue weighted by Crippen LogP contribution is -2.49. The molecule has 1 aliphatic heterocycles. The van der Waals surface area contributed by atoms with Crippen LogP contribution in [0.3, 0.4) is 0 Å². The number of benzene rings is 1. The molecule has 0 unspecified atom stereocenters. The van der Waals surface area contributed by atoms with Crippen LogP contribution in [-0.4, -0.2) is 51.2 Å². The van der Waals surface area contributed by atoms with Crippen LogP contribution in [0.25, 0.3) is 0 Å². The number of nitrogens with one attached hydrogen (secondary N) is 1. The van der Waals surface area contributed by atoms with Crippen molar-refractivity contribution < 1.29 is 0 Å². The molecule has 0 amide bonds. The fourth-order valence-corrected chi connectivity index (χ4v) is 3.22. The average molecular weight is 259 g/mol. The minimum Gasteiger partial charge on any atom is -0.369 e. The summed E-state index contributed by atoms with van der Waals surface area (Å²) in [6.07, 6.45) is 2.82. The number of para-hydroxylation sites is 1. The highest BCUT2D eigenvalue weighted by molar-refractivity contribution is 5.46. The molecule has 1 saturated carbocycles. The summed E-state index contributed by atoms with van der Waals surface area (Å²) in [4.78, 5) is 5.16. The van der Waals surface area contributed by atoms with Gasteiger partial charge < -0.3 is 10.2 Å². The van der Waals surface area contributed by atoms with E-state index in [1.807, 2.05) is 0 Å². The molecule has 3 nitrogen and oxygen atoms in total. The van der Waals surface area contributed by atoms with Gasteiger partial charge >= 0.3 is 0 Å². The molecule has 1 aromatic carbocycles. The van der Waals surface area contributed by atoms with E-state index in [1.165, 1.54) is 57.8 Å². The molecule has 0 bridgehead atoms. The van der Waals surface area contributed by atoms with Gasteiger partial charge in [-0.3, -0.25) is 4.90 Å². The molecule has 2 fully saturated rings. The second-order valence-corrected chi connectivity index (χ2v) is 6.13.